The van der Waals surface area contributed by atoms with Crippen molar-refractivity contribution < 1.29 is 0 Å². The van der Waals surface area contributed by atoms with E-state index in [1.807, 2.05) is 11.7 Å². The fourth-order valence-corrected chi connectivity index (χ4v) is 3.02. The summed E-state index contributed by atoms with van der Waals surface area (Å²) in [4.78, 5) is 4.85. The van der Waals surface area contributed by atoms with Crippen molar-refractivity contribution in [1.29, 1.82) is 0 Å². The second-order valence-corrected chi connectivity index (χ2v) is 5.98. The van der Waals surface area contributed by atoms with Crippen LogP contribution in [-0.4, -0.2) is 25.2 Å². The number of fused-ring (bicyclic) bond motifs is 1. The van der Waals surface area contributed by atoms with Gasteiger partial charge in [-0.2, -0.15) is 5.10 Å². The van der Waals surface area contributed by atoms with Gasteiger partial charge in [0.05, 0.1) is 5.69 Å². The molecule has 0 bridgehead atoms. The maximum atomic E-state index is 5.98. The van der Waals surface area contributed by atoms with E-state index in [0.717, 1.165) is 48.4 Å². The van der Waals surface area contributed by atoms with Crippen LogP contribution in [0.5, 0.6) is 0 Å². The third-order valence-corrected chi connectivity index (χ3v) is 4.68. The van der Waals surface area contributed by atoms with Gasteiger partial charge in [0, 0.05) is 24.9 Å². The fraction of sp³-hybridized carbons (Fsp3) is 0.733. The molecular weight excluding hydrogens is 272 g/mol. The molecule has 0 aliphatic heterocycles. The number of imidazole rings is 1. The zero-order chi connectivity index (χ0) is 14.9. The Bertz CT molecular complexity index is 593. The van der Waals surface area contributed by atoms with Crippen LogP contribution >= 0.6 is 11.6 Å². The molecule has 112 valence electrons. The molecule has 2 aromatic rings. The number of aryl methyl sites for hydroxylation is 3. The summed E-state index contributed by atoms with van der Waals surface area (Å²) in [6.45, 7) is 8.89. The van der Waals surface area contributed by atoms with Crippen molar-refractivity contribution in [3.8, 4) is 0 Å². The third-order valence-electron chi connectivity index (χ3n) is 4.49. The highest BCUT2D eigenvalue weighted by molar-refractivity contribution is 6.17. The summed E-state index contributed by atoms with van der Waals surface area (Å²) in [5, 5.41) is 4.61. The fourth-order valence-electron chi connectivity index (χ4n) is 2.85. The number of hydrogen-bond donors (Lipinski definition) is 0. The van der Waals surface area contributed by atoms with Crippen molar-refractivity contribution in [2.75, 3.05) is 5.88 Å². The number of hydrogen-bond acceptors (Lipinski definition) is 2. The Kier molecular flexibility index (Phi) is 4.43. The summed E-state index contributed by atoms with van der Waals surface area (Å²) in [5.74, 6) is 1.69. The third kappa shape index (κ3) is 2.24. The Hall–Kier alpha value is -1.03. The quantitative estimate of drug-likeness (QED) is 0.763. The first kappa shape index (κ1) is 15.4. The number of alkyl halides is 1. The summed E-state index contributed by atoms with van der Waals surface area (Å²) in [6, 6.07) is 0. The van der Waals surface area contributed by atoms with Gasteiger partial charge in [0.25, 0.3) is 0 Å². The first-order chi connectivity index (χ1) is 9.52. The highest BCUT2D eigenvalue weighted by Gasteiger charge is 2.30. The zero-order valence-electron chi connectivity index (χ0n) is 13.2. The van der Waals surface area contributed by atoms with Gasteiger partial charge in [-0.15, -0.1) is 11.6 Å². The summed E-state index contributed by atoms with van der Waals surface area (Å²) in [5.41, 5.74) is 3.32. The average molecular weight is 297 g/mol. The maximum Gasteiger partial charge on any atom is 0.159 e. The average Bonchev–Trinajstić information content (AvgIpc) is 2.96. The van der Waals surface area contributed by atoms with Crippen molar-refractivity contribution in [2.45, 2.75) is 58.9 Å². The molecule has 0 aliphatic rings. The molecule has 0 atom stereocenters. The molecule has 0 aliphatic carbocycles. The van der Waals surface area contributed by atoms with Gasteiger partial charge < -0.3 is 4.57 Å². The Morgan fingerprint density at radius 3 is 2.35 bits per heavy atom. The molecule has 0 unspecified atom stereocenters. The molecule has 0 fully saturated rings. The predicted molar refractivity (Wildman–Crippen MR) is 84.5 cm³/mol. The molecule has 0 aromatic carbocycles. The van der Waals surface area contributed by atoms with Gasteiger partial charge in [-0.25, -0.2) is 4.98 Å². The molecule has 0 saturated carbocycles. The smallest absolute Gasteiger partial charge is 0.159 e. The molecule has 0 amide bonds. The molecule has 0 spiro atoms. The van der Waals surface area contributed by atoms with Crippen LogP contribution in [0.15, 0.2) is 0 Å². The second kappa shape index (κ2) is 5.76. The molecular formula is C15H25ClN4. The monoisotopic (exact) mass is 296 g/mol. The van der Waals surface area contributed by atoms with E-state index in [1.165, 1.54) is 0 Å². The number of rotatable bonds is 6. The minimum Gasteiger partial charge on any atom is -0.307 e. The highest BCUT2D eigenvalue weighted by atomic mass is 35.5. The molecule has 2 aromatic heterocycles. The Morgan fingerprint density at radius 1 is 1.20 bits per heavy atom. The van der Waals surface area contributed by atoms with Crippen LogP contribution in [0.1, 0.15) is 52.1 Å². The normalized spacial score (nSPS) is 12.5. The van der Waals surface area contributed by atoms with E-state index in [9.17, 15) is 0 Å². The van der Waals surface area contributed by atoms with E-state index in [-0.39, 0.29) is 5.54 Å². The summed E-state index contributed by atoms with van der Waals surface area (Å²) in [6.07, 6.45) is 3.84. The van der Waals surface area contributed by atoms with Gasteiger partial charge in [0.2, 0.25) is 0 Å². The molecule has 4 nitrogen and oxygen atoms in total. The van der Waals surface area contributed by atoms with E-state index in [1.54, 1.807) is 0 Å². The predicted octanol–water partition coefficient (Wildman–Crippen LogP) is 3.65. The van der Waals surface area contributed by atoms with Crippen LogP contribution in [0.4, 0.5) is 0 Å². The first-order valence-electron chi connectivity index (χ1n) is 7.52. The van der Waals surface area contributed by atoms with Gasteiger partial charge in [-0.1, -0.05) is 20.8 Å². The van der Waals surface area contributed by atoms with E-state index in [0.29, 0.717) is 5.88 Å². The molecule has 0 N–H and O–H groups in total. The van der Waals surface area contributed by atoms with Crippen molar-refractivity contribution in [2.24, 2.45) is 7.05 Å². The minimum absolute atomic E-state index is 0.0644. The summed E-state index contributed by atoms with van der Waals surface area (Å²) in [7, 11) is 2.01. The van der Waals surface area contributed by atoms with Crippen LogP contribution in [0.3, 0.4) is 0 Å². The Morgan fingerprint density at radius 2 is 1.85 bits per heavy atom. The molecule has 2 rings (SSSR count). The van der Waals surface area contributed by atoms with E-state index in [4.69, 9.17) is 16.6 Å². The van der Waals surface area contributed by atoms with Crippen molar-refractivity contribution in [3.05, 3.63) is 11.5 Å². The molecule has 2 heterocycles. The van der Waals surface area contributed by atoms with Crippen LogP contribution in [0.25, 0.3) is 11.2 Å². The van der Waals surface area contributed by atoms with E-state index >= 15 is 0 Å². The topological polar surface area (TPSA) is 35.6 Å². The zero-order valence-corrected chi connectivity index (χ0v) is 14.0. The maximum absolute atomic E-state index is 5.98. The lowest BCUT2D eigenvalue weighted by atomic mass is 9.95. The lowest BCUT2D eigenvalue weighted by Crippen LogP contribution is -2.31. The highest BCUT2D eigenvalue weighted by Crippen LogP contribution is 2.32. The summed E-state index contributed by atoms with van der Waals surface area (Å²) < 4.78 is 4.35. The van der Waals surface area contributed by atoms with Gasteiger partial charge in [-0.3, -0.25) is 4.68 Å². The number of aromatic nitrogens is 4. The number of halogens is 1. The lowest BCUT2D eigenvalue weighted by molar-refractivity contribution is 0.290. The van der Waals surface area contributed by atoms with Gasteiger partial charge in [0.15, 0.2) is 5.65 Å². The molecule has 20 heavy (non-hydrogen) atoms. The number of nitrogens with zero attached hydrogens (tertiary/aromatic N) is 4. The first-order valence-corrected chi connectivity index (χ1v) is 8.05. The Labute approximate surface area is 126 Å². The van der Waals surface area contributed by atoms with Gasteiger partial charge in [0.1, 0.15) is 11.3 Å². The van der Waals surface area contributed by atoms with Crippen LogP contribution in [0.2, 0.25) is 0 Å². The second-order valence-electron chi connectivity index (χ2n) is 5.60. The largest absolute Gasteiger partial charge is 0.307 e. The molecule has 0 saturated heterocycles. The Balaban J connectivity index is 2.77. The molecule has 5 heteroatoms. The van der Waals surface area contributed by atoms with E-state index < -0.39 is 0 Å². The van der Waals surface area contributed by atoms with Gasteiger partial charge >= 0.3 is 0 Å². The van der Waals surface area contributed by atoms with Gasteiger partial charge in [-0.05, 0) is 26.2 Å². The van der Waals surface area contributed by atoms with Crippen LogP contribution in [-0.2, 0) is 25.4 Å². The standard InChI is InChI=1S/C15H25ClN4/c1-6-11-13-14(19(5)18-11)20(12(17-13)9-10-16)15(4,7-2)8-3/h6-10H2,1-5H3. The van der Waals surface area contributed by atoms with Crippen molar-refractivity contribution in [3.63, 3.8) is 0 Å². The minimum atomic E-state index is 0.0644. The van der Waals surface area contributed by atoms with Crippen molar-refractivity contribution >= 4 is 22.8 Å². The van der Waals surface area contributed by atoms with Crippen LogP contribution < -0.4 is 0 Å². The van der Waals surface area contributed by atoms with Crippen LogP contribution in [0, 0.1) is 0 Å². The lowest BCUT2D eigenvalue weighted by Gasteiger charge is -2.31. The SMILES string of the molecule is CCc1nn(C)c2c1nc(CCCl)n2C(C)(CC)CC. The van der Waals surface area contributed by atoms with Crippen molar-refractivity contribution in [1.82, 2.24) is 19.3 Å². The molecule has 0 radical (unpaired) electrons. The summed E-state index contributed by atoms with van der Waals surface area (Å²) >= 11 is 5.98. The van der Waals surface area contributed by atoms with E-state index in [2.05, 4.69) is 37.4 Å².